The molecule has 0 radical (unpaired) electrons. The van der Waals surface area contributed by atoms with Gasteiger partial charge < -0.3 is 14.7 Å². The second-order valence-electron chi connectivity index (χ2n) is 4.37. The summed E-state index contributed by atoms with van der Waals surface area (Å²) in [4.78, 5) is 24.0. The lowest BCUT2D eigenvalue weighted by molar-refractivity contribution is -0.138. The first kappa shape index (κ1) is 14.7. The van der Waals surface area contributed by atoms with E-state index in [0.717, 1.165) is 0 Å². The van der Waals surface area contributed by atoms with E-state index in [4.69, 9.17) is 9.84 Å². The minimum Gasteiger partial charge on any atom is -0.481 e. The number of carboxylic acid groups (broad SMARTS) is 1. The van der Waals surface area contributed by atoms with E-state index in [1.165, 1.54) is 11.3 Å². The Morgan fingerprint density at radius 1 is 1.50 bits per heavy atom. The number of likely N-dealkylation sites (tertiary alicyclic amines) is 1. The number of carbonyl (C=O) groups excluding carboxylic acids is 1. The molecule has 0 atom stereocenters. The quantitative estimate of drug-likeness (QED) is 0.841. The monoisotopic (exact) mass is 300 g/mol. The summed E-state index contributed by atoms with van der Waals surface area (Å²) in [7, 11) is 0. The number of amides is 2. The number of aliphatic carboxylic acids is 1. The van der Waals surface area contributed by atoms with Crippen LogP contribution in [-0.2, 0) is 9.53 Å². The third-order valence-electron chi connectivity index (χ3n) is 2.97. The number of carbonyl (C=O) groups is 2. The molecule has 1 aromatic heterocycles. The van der Waals surface area contributed by atoms with Crippen LogP contribution < -0.4 is 5.32 Å². The molecule has 2 N–H and O–H groups in total. The van der Waals surface area contributed by atoms with Gasteiger partial charge in [-0.3, -0.25) is 10.1 Å². The smallest absolute Gasteiger partial charge is 0.323 e. The van der Waals surface area contributed by atoms with Crippen molar-refractivity contribution in [1.82, 2.24) is 15.1 Å². The van der Waals surface area contributed by atoms with Crippen LogP contribution in [0.1, 0.15) is 19.3 Å². The lowest BCUT2D eigenvalue weighted by atomic mass is 10.1. The van der Waals surface area contributed by atoms with Gasteiger partial charge in [-0.25, -0.2) is 4.79 Å². The number of anilines is 1. The number of hydrogen-bond acceptors (Lipinski definition) is 6. The Bertz CT molecular complexity index is 445. The molecule has 1 aromatic rings. The van der Waals surface area contributed by atoms with Gasteiger partial charge in [-0.2, -0.15) is 0 Å². The van der Waals surface area contributed by atoms with Crippen molar-refractivity contribution in [1.29, 1.82) is 0 Å². The molecular weight excluding hydrogens is 284 g/mol. The summed E-state index contributed by atoms with van der Waals surface area (Å²) in [6, 6.07) is -0.189. The van der Waals surface area contributed by atoms with Gasteiger partial charge in [0.2, 0.25) is 5.13 Å². The molecule has 2 rings (SSSR count). The van der Waals surface area contributed by atoms with Crippen molar-refractivity contribution in [2.45, 2.75) is 25.4 Å². The molecule has 110 valence electrons. The lowest BCUT2D eigenvalue weighted by Crippen LogP contribution is -2.43. The highest BCUT2D eigenvalue weighted by atomic mass is 32.1. The largest absolute Gasteiger partial charge is 0.481 e. The van der Waals surface area contributed by atoms with Gasteiger partial charge in [0.1, 0.15) is 5.51 Å². The Morgan fingerprint density at radius 3 is 2.85 bits per heavy atom. The Labute approximate surface area is 119 Å². The van der Waals surface area contributed by atoms with Gasteiger partial charge in [-0.05, 0) is 12.8 Å². The summed E-state index contributed by atoms with van der Waals surface area (Å²) in [5, 5.41) is 19.1. The second-order valence-corrected chi connectivity index (χ2v) is 5.21. The molecule has 1 fully saturated rings. The summed E-state index contributed by atoms with van der Waals surface area (Å²) in [6.45, 7) is 1.39. The molecule has 1 aliphatic rings. The van der Waals surface area contributed by atoms with Gasteiger partial charge in [-0.1, -0.05) is 11.3 Å². The van der Waals surface area contributed by atoms with E-state index in [-0.39, 0.29) is 25.2 Å². The molecule has 9 heteroatoms. The standard InChI is InChI=1S/C11H16N4O4S/c16-9(17)3-6-19-8-1-4-15(5-2-8)11(18)13-10-14-12-7-20-10/h7-8H,1-6H2,(H,16,17)(H,13,14,18). The van der Waals surface area contributed by atoms with Crippen molar-refractivity contribution in [2.75, 3.05) is 25.0 Å². The zero-order chi connectivity index (χ0) is 14.4. The number of ether oxygens (including phenoxy) is 1. The zero-order valence-electron chi connectivity index (χ0n) is 10.8. The molecule has 20 heavy (non-hydrogen) atoms. The van der Waals surface area contributed by atoms with Crippen molar-refractivity contribution in [3.05, 3.63) is 5.51 Å². The number of piperidine rings is 1. The van der Waals surface area contributed by atoms with E-state index < -0.39 is 5.97 Å². The average Bonchev–Trinajstić information content (AvgIpc) is 2.92. The maximum atomic E-state index is 11.9. The normalized spacial score (nSPS) is 16.1. The first-order chi connectivity index (χ1) is 9.65. The SMILES string of the molecule is O=C(O)CCOC1CCN(C(=O)Nc2nncs2)CC1. The van der Waals surface area contributed by atoms with Gasteiger partial charge in [0.15, 0.2) is 0 Å². The second kappa shape index (κ2) is 7.15. The van der Waals surface area contributed by atoms with Crippen molar-refractivity contribution >= 4 is 28.5 Å². The van der Waals surface area contributed by atoms with E-state index in [2.05, 4.69) is 15.5 Å². The highest BCUT2D eigenvalue weighted by Gasteiger charge is 2.23. The maximum Gasteiger partial charge on any atom is 0.323 e. The van der Waals surface area contributed by atoms with E-state index in [1.807, 2.05) is 0 Å². The van der Waals surface area contributed by atoms with Gasteiger partial charge in [-0.15, -0.1) is 10.2 Å². The molecule has 1 saturated heterocycles. The predicted molar refractivity (Wildman–Crippen MR) is 71.7 cm³/mol. The van der Waals surface area contributed by atoms with Crippen LogP contribution in [0.3, 0.4) is 0 Å². The Morgan fingerprint density at radius 2 is 2.25 bits per heavy atom. The van der Waals surface area contributed by atoms with Gasteiger partial charge in [0.25, 0.3) is 0 Å². The third kappa shape index (κ3) is 4.42. The van der Waals surface area contributed by atoms with Gasteiger partial charge in [0, 0.05) is 13.1 Å². The topological polar surface area (TPSA) is 105 Å². The summed E-state index contributed by atoms with van der Waals surface area (Å²) in [5.41, 5.74) is 1.55. The van der Waals surface area contributed by atoms with Crippen LogP contribution in [0.15, 0.2) is 5.51 Å². The van der Waals surface area contributed by atoms with Crippen molar-refractivity contribution in [2.24, 2.45) is 0 Å². The van der Waals surface area contributed by atoms with Crippen molar-refractivity contribution in [3.63, 3.8) is 0 Å². The Kier molecular flexibility index (Phi) is 5.24. The molecule has 8 nitrogen and oxygen atoms in total. The number of nitrogens with one attached hydrogen (secondary N) is 1. The summed E-state index contributed by atoms with van der Waals surface area (Å²) in [6.07, 6.45) is 1.46. The zero-order valence-corrected chi connectivity index (χ0v) is 11.6. The Hall–Kier alpha value is -1.74. The predicted octanol–water partition coefficient (Wildman–Crippen LogP) is 1.03. The molecule has 0 unspecified atom stereocenters. The molecule has 1 aliphatic heterocycles. The number of rotatable bonds is 5. The number of urea groups is 1. The van der Waals surface area contributed by atoms with Gasteiger partial charge >= 0.3 is 12.0 Å². The fraction of sp³-hybridized carbons (Fsp3) is 0.636. The van der Waals surface area contributed by atoms with Gasteiger partial charge in [0.05, 0.1) is 19.1 Å². The van der Waals surface area contributed by atoms with Crippen molar-refractivity contribution in [3.8, 4) is 0 Å². The van der Waals surface area contributed by atoms with Crippen LogP contribution >= 0.6 is 11.3 Å². The van der Waals surface area contributed by atoms with E-state index in [0.29, 0.717) is 31.1 Å². The van der Waals surface area contributed by atoms with Crippen LogP contribution in [0.4, 0.5) is 9.93 Å². The molecule has 0 bridgehead atoms. The average molecular weight is 300 g/mol. The summed E-state index contributed by atoms with van der Waals surface area (Å²) < 4.78 is 5.47. The molecule has 0 spiro atoms. The molecule has 2 amide bonds. The number of aromatic nitrogens is 2. The van der Waals surface area contributed by atoms with E-state index in [9.17, 15) is 9.59 Å². The van der Waals surface area contributed by atoms with Crippen LogP contribution in [0.25, 0.3) is 0 Å². The van der Waals surface area contributed by atoms with Crippen LogP contribution in [-0.4, -0.2) is 58.0 Å². The maximum absolute atomic E-state index is 11.9. The van der Waals surface area contributed by atoms with Crippen LogP contribution in [0.2, 0.25) is 0 Å². The highest BCUT2D eigenvalue weighted by Crippen LogP contribution is 2.16. The molecular formula is C11H16N4O4S. The molecule has 2 heterocycles. The highest BCUT2D eigenvalue weighted by molar-refractivity contribution is 7.13. The fourth-order valence-corrected chi connectivity index (χ4v) is 2.37. The van der Waals surface area contributed by atoms with Crippen molar-refractivity contribution < 1.29 is 19.4 Å². The fourth-order valence-electron chi connectivity index (χ4n) is 1.94. The Balaban J connectivity index is 1.68. The first-order valence-electron chi connectivity index (χ1n) is 6.30. The van der Waals surface area contributed by atoms with E-state index >= 15 is 0 Å². The summed E-state index contributed by atoms with van der Waals surface area (Å²) in [5.74, 6) is -0.862. The minimum atomic E-state index is -0.862. The first-order valence-corrected chi connectivity index (χ1v) is 7.18. The molecule has 0 aromatic carbocycles. The van der Waals surface area contributed by atoms with Crippen LogP contribution in [0, 0.1) is 0 Å². The molecule has 0 aliphatic carbocycles. The van der Waals surface area contributed by atoms with E-state index in [1.54, 1.807) is 10.4 Å². The third-order valence-corrected chi connectivity index (χ3v) is 3.58. The minimum absolute atomic E-state index is 0.0117. The summed E-state index contributed by atoms with van der Waals surface area (Å²) >= 11 is 1.27. The number of nitrogens with zero attached hydrogens (tertiary/aromatic N) is 3. The lowest BCUT2D eigenvalue weighted by Gasteiger charge is -2.31. The van der Waals surface area contributed by atoms with Crippen LogP contribution in [0.5, 0.6) is 0 Å². The molecule has 0 saturated carbocycles. The number of hydrogen-bond donors (Lipinski definition) is 2. The number of carboxylic acids is 1.